The van der Waals surface area contributed by atoms with E-state index in [2.05, 4.69) is 10.6 Å². The van der Waals surface area contributed by atoms with Gasteiger partial charge in [-0.25, -0.2) is 0 Å². The summed E-state index contributed by atoms with van der Waals surface area (Å²) in [5.74, 6) is -2.49. The van der Waals surface area contributed by atoms with Crippen LogP contribution < -0.4 is 15.4 Å². The Balaban J connectivity index is 1.58. The largest absolute Gasteiger partial charge is 0.497 e. The number of imide groups is 1. The fourth-order valence-electron chi connectivity index (χ4n) is 5.25. The highest BCUT2D eigenvalue weighted by atomic mass is 35.5. The van der Waals surface area contributed by atoms with Crippen molar-refractivity contribution >= 4 is 35.0 Å². The molecule has 1 spiro atoms. The molecule has 0 bridgehead atoms. The number of nitrogens with one attached hydrogen (secondary N) is 2. The van der Waals surface area contributed by atoms with Crippen molar-refractivity contribution in [2.24, 2.45) is 11.8 Å². The van der Waals surface area contributed by atoms with Gasteiger partial charge in [0.25, 0.3) is 0 Å². The van der Waals surface area contributed by atoms with Gasteiger partial charge in [-0.15, -0.1) is 0 Å². The number of aliphatic hydroxyl groups excluding tert-OH is 1. The molecule has 5 atom stereocenters. The number of carbonyl (C=O) groups is 3. The van der Waals surface area contributed by atoms with E-state index in [1.165, 1.54) is 4.90 Å². The summed E-state index contributed by atoms with van der Waals surface area (Å²) in [5, 5.41) is 16.8. The molecule has 166 valence electrons. The Morgan fingerprint density at radius 2 is 1.88 bits per heavy atom. The molecule has 9 heteroatoms. The third kappa shape index (κ3) is 2.80. The number of anilines is 1. The van der Waals surface area contributed by atoms with Crippen LogP contribution in [0.2, 0.25) is 5.02 Å². The van der Waals surface area contributed by atoms with Crippen molar-refractivity contribution in [1.82, 2.24) is 10.2 Å². The van der Waals surface area contributed by atoms with Gasteiger partial charge in [0, 0.05) is 22.3 Å². The van der Waals surface area contributed by atoms with Crippen LogP contribution in [0.3, 0.4) is 0 Å². The molecule has 3 aliphatic heterocycles. The first-order valence-corrected chi connectivity index (χ1v) is 10.7. The van der Waals surface area contributed by atoms with E-state index >= 15 is 0 Å². The molecule has 3 amide bonds. The minimum Gasteiger partial charge on any atom is -0.497 e. The van der Waals surface area contributed by atoms with Gasteiger partial charge in [0.05, 0.1) is 31.6 Å². The first kappa shape index (κ1) is 20.9. The van der Waals surface area contributed by atoms with E-state index in [1.807, 2.05) is 0 Å². The summed E-state index contributed by atoms with van der Waals surface area (Å²) in [6.45, 7) is 1.62. The SMILES string of the molecule is COc1ccc(CN2C(=O)[C@@H]3[C@H]([C@@H](C)O)N[C@@]4(C(=O)Nc5ccc(Cl)cc54)[C@@H]3C2=O)cc1. The molecule has 0 aliphatic carbocycles. The smallest absolute Gasteiger partial charge is 0.250 e. The zero-order valence-corrected chi connectivity index (χ0v) is 18.2. The number of likely N-dealkylation sites (tertiary alicyclic amines) is 1. The average Bonchev–Trinajstić information content (AvgIpc) is 3.36. The molecule has 8 nitrogen and oxygen atoms in total. The second-order valence-electron chi connectivity index (χ2n) is 8.48. The number of halogens is 1. The Hall–Kier alpha value is -2.94. The van der Waals surface area contributed by atoms with E-state index in [-0.39, 0.29) is 6.54 Å². The monoisotopic (exact) mass is 455 g/mol. The average molecular weight is 456 g/mol. The fourth-order valence-corrected chi connectivity index (χ4v) is 5.42. The molecular formula is C23H22ClN3O5. The van der Waals surface area contributed by atoms with Gasteiger partial charge < -0.3 is 15.2 Å². The van der Waals surface area contributed by atoms with Crippen LogP contribution in [0.15, 0.2) is 42.5 Å². The maximum absolute atomic E-state index is 13.6. The molecule has 2 fully saturated rings. The first-order chi connectivity index (χ1) is 15.3. The Morgan fingerprint density at radius 1 is 1.16 bits per heavy atom. The molecule has 3 N–H and O–H groups in total. The van der Waals surface area contributed by atoms with Crippen LogP contribution in [0.1, 0.15) is 18.1 Å². The minimum atomic E-state index is -1.48. The fraction of sp³-hybridized carbons (Fsp3) is 0.348. The molecule has 0 radical (unpaired) electrons. The van der Waals surface area contributed by atoms with Crippen LogP contribution in [-0.4, -0.2) is 47.0 Å². The van der Waals surface area contributed by atoms with Gasteiger partial charge in [-0.1, -0.05) is 23.7 Å². The molecule has 2 aromatic carbocycles. The number of hydrogen-bond acceptors (Lipinski definition) is 6. The molecule has 5 rings (SSSR count). The zero-order valence-electron chi connectivity index (χ0n) is 17.5. The van der Waals surface area contributed by atoms with Gasteiger partial charge >= 0.3 is 0 Å². The van der Waals surface area contributed by atoms with E-state index in [0.717, 1.165) is 5.56 Å². The van der Waals surface area contributed by atoms with Gasteiger partial charge in [-0.05, 0) is 42.8 Å². The number of methoxy groups -OCH3 is 1. The third-order valence-corrected chi connectivity index (χ3v) is 6.96. The van der Waals surface area contributed by atoms with Crippen molar-refractivity contribution in [3.05, 3.63) is 58.6 Å². The third-order valence-electron chi connectivity index (χ3n) is 6.72. The van der Waals surface area contributed by atoms with E-state index in [4.69, 9.17) is 16.3 Å². The van der Waals surface area contributed by atoms with Crippen molar-refractivity contribution in [2.75, 3.05) is 12.4 Å². The molecule has 3 aliphatic rings. The molecule has 32 heavy (non-hydrogen) atoms. The number of hydrogen-bond donors (Lipinski definition) is 3. The van der Waals surface area contributed by atoms with Crippen molar-refractivity contribution < 1.29 is 24.2 Å². The van der Waals surface area contributed by atoms with Crippen LogP contribution in [-0.2, 0) is 26.5 Å². The first-order valence-electron chi connectivity index (χ1n) is 10.3. The van der Waals surface area contributed by atoms with E-state index in [9.17, 15) is 19.5 Å². The second-order valence-corrected chi connectivity index (χ2v) is 8.91. The molecule has 0 saturated carbocycles. The van der Waals surface area contributed by atoms with E-state index in [0.29, 0.717) is 22.0 Å². The maximum atomic E-state index is 13.6. The number of amides is 3. The lowest BCUT2D eigenvalue weighted by molar-refractivity contribution is -0.143. The Labute approximate surface area is 189 Å². The molecule has 0 unspecified atom stereocenters. The number of fused-ring (bicyclic) bond motifs is 4. The van der Waals surface area contributed by atoms with Crippen molar-refractivity contribution in [2.45, 2.75) is 31.2 Å². The van der Waals surface area contributed by atoms with Gasteiger partial charge in [-0.3, -0.25) is 24.6 Å². The summed E-state index contributed by atoms with van der Waals surface area (Å²) in [7, 11) is 1.56. The standard InChI is InChI=1S/C23H22ClN3O5/c1-11(28)19-17-18(23(26-19)15-9-13(24)5-8-16(15)25-22(23)31)21(30)27(20(17)29)10-12-3-6-14(32-2)7-4-12/h3-9,11,17-19,26,28H,10H2,1-2H3,(H,25,31)/t11-,17+,18+,19+,23-/m1/s1. The normalized spacial score (nSPS) is 29.3. The predicted molar refractivity (Wildman–Crippen MR) is 116 cm³/mol. The van der Waals surface area contributed by atoms with Gasteiger partial charge in [0.15, 0.2) is 0 Å². The summed E-state index contributed by atoms with van der Waals surface area (Å²) in [4.78, 5) is 41.5. The number of ether oxygens (including phenoxy) is 1. The highest BCUT2D eigenvalue weighted by molar-refractivity contribution is 6.31. The van der Waals surface area contributed by atoms with Crippen LogP contribution >= 0.6 is 11.6 Å². The number of carbonyl (C=O) groups excluding carboxylic acids is 3. The summed E-state index contributed by atoms with van der Waals surface area (Å²) < 4.78 is 5.16. The number of rotatable bonds is 4. The summed E-state index contributed by atoms with van der Waals surface area (Å²) in [6, 6.07) is 11.3. The van der Waals surface area contributed by atoms with Gasteiger partial charge in [0.2, 0.25) is 17.7 Å². The Morgan fingerprint density at radius 3 is 2.53 bits per heavy atom. The van der Waals surface area contributed by atoms with Gasteiger partial charge in [-0.2, -0.15) is 0 Å². The minimum absolute atomic E-state index is 0.0707. The van der Waals surface area contributed by atoms with Crippen LogP contribution in [0, 0.1) is 11.8 Å². The summed E-state index contributed by atoms with van der Waals surface area (Å²) in [5.41, 5.74) is 0.322. The summed E-state index contributed by atoms with van der Waals surface area (Å²) in [6.07, 6.45) is -0.962. The van der Waals surface area contributed by atoms with E-state index in [1.54, 1.807) is 56.5 Å². The Kier molecular flexibility index (Phi) is 4.77. The quantitative estimate of drug-likeness (QED) is 0.605. The van der Waals surface area contributed by atoms with Crippen molar-refractivity contribution in [3.8, 4) is 5.75 Å². The zero-order chi connectivity index (χ0) is 22.8. The van der Waals surface area contributed by atoms with Crippen LogP contribution in [0.5, 0.6) is 5.75 Å². The molecule has 2 saturated heterocycles. The predicted octanol–water partition coefficient (Wildman–Crippen LogP) is 1.65. The molecular weight excluding hydrogens is 434 g/mol. The number of aliphatic hydroxyl groups is 1. The molecule has 3 heterocycles. The highest BCUT2D eigenvalue weighted by Gasteiger charge is 2.71. The summed E-state index contributed by atoms with van der Waals surface area (Å²) >= 11 is 6.21. The highest BCUT2D eigenvalue weighted by Crippen LogP contribution is 2.53. The lowest BCUT2D eigenvalue weighted by atomic mass is 9.76. The topological polar surface area (TPSA) is 108 Å². The van der Waals surface area contributed by atoms with Gasteiger partial charge in [0.1, 0.15) is 11.3 Å². The van der Waals surface area contributed by atoms with E-state index < -0.39 is 47.2 Å². The molecule has 0 aromatic heterocycles. The van der Waals surface area contributed by atoms with Crippen LogP contribution in [0.25, 0.3) is 0 Å². The molecule has 2 aromatic rings. The Bertz CT molecular complexity index is 1130. The van der Waals surface area contributed by atoms with Crippen molar-refractivity contribution in [1.29, 1.82) is 0 Å². The number of nitrogens with zero attached hydrogens (tertiary/aromatic N) is 1. The second kappa shape index (κ2) is 7.30. The number of benzene rings is 2. The van der Waals surface area contributed by atoms with Crippen LogP contribution in [0.4, 0.5) is 5.69 Å². The maximum Gasteiger partial charge on any atom is 0.250 e. The lowest BCUT2D eigenvalue weighted by Crippen LogP contribution is -2.54. The van der Waals surface area contributed by atoms with Crippen molar-refractivity contribution in [3.63, 3.8) is 0 Å². The lowest BCUT2D eigenvalue weighted by Gasteiger charge is -2.30.